The molecule has 0 aromatic carbocycles. The summed E-state index contributed by atoms with van der Waals surface area (Å²) in [5.74, 6) is 0. The lowest BCUT2D eigenvalue weighted by molar-refractivity contribution is -0.133. The summed E-state index contributed by atoms with van der Waals surface area (Å²) in [5, 5.41) is 0. The van der Waals surface area contributed by atoms with Gasteiger partial charge in [0, 0.05) is 6.42 Å². The molecule has 0 bridgehead atoms. The van der Waals surface area contributed by atoms with Gasteiger partial charge in [0.15, 0.2) is 0 Å². The van der Waals surface area contributed by atoms with Crippen molar-refractivity contribution in [2.75, 3.05) is 0 Å². The first-order valence-electron chi connectivity index (χ1n) is 3.78. The fraction of sp³-hybridized carbons (Fsp3) is 0.750. The Morgan fingerprint density at radius 3 is 2.09 bits per heavy atom. The van der Waals surface area contributed by atoms with E-state index in [0.717, 1.165) is 12.8 Å². The highest BCUT2D eigenvalue weighted by Gasteiger charge is 2.25. The Hall–Kier alpha value is -0.470. The first-order chi connectivity index (χ1) is 5.06. The number of hydrogen-bond acceptors (Lipinski definition) is 0. The third kappa shape index (κ3) is 9.53. The van der Waals surface area contributed by atoms with Gasteiger partial charge in [0.2, 0.25) is 0 Å². The van der Waals surface area contributed by atoms with Crippen LogP contribution in [0.2, 0.25) is 0 Å². The molecule has 0 nitrogen and oxygen atoms in total. The zero-order valence-electron chi connectivity index (χ0n) is 6.62. The SMILES string of the molecule is CCC/C=C/CCC(F)(F)F. The molecule has 0 aliphatic heterocycles. The standard InChI is InChI=1S/C8H13F3/c1-2-3-4-5-6-7-8(9,10)11/h4-5H,2-3,6-7H2,1H3/b5-4+. The van der Waals surface area contributed by atoms with Crippen LogP contribution >= 0.6 is 0 Å². The van der Waals surface area contributed by atoms with Crippen molar-refractivity contribution in [2.45, 2.75) is 38.8 Å². The number of alkyl halides is 3. The average molecular weight is 166 g/mol. The Morgan fingerprint density at radius 1 is 1.09 bits per heavy atom. The molecule has 0 aromatic heterocycles. The molecule has 0 atom stereocenters. The molecule has 0 N–H and O–H groups in total. The molecule has 0 heterocycles. The van der Waals surface area contributed by atoms with E-state index in [9.17, 15) is 13.2 Å². The summed E-state index contributed by atoms with van der Waals surface area (Å²) in [4.78, 5) is 0. The molecule has 0 saturated heterocycles. The van der Waals surface area contributed by atoms with Crippen LogP contribution in [0.1, 0.15) is 32.6 Å². The molecule has 0 rings (SSSR count). The van der Waals surface area contributed by atoms with E-state index in [1.54, 1.807) is 12.2 Å². The Balaban J connectivity index is 3.27. The molecule has 0 aromatic rings. The van der Waals surface area contributed by atoms with Gasteiger partial charge in [-0.3, -0.25) is 0 Å². The van der Waals surface area contributed by atoms with E-state index in [2.05, 4.69) is 0 Å². The second-order valence-corrected chi connectivity index (χ2v) is 2.41. The maximum absolute atomic E-state index is 11.5. The van der Waals surface area contributed by atoms with Gasteiger partial charge < -0.3 is 0 Å². The van der Waals surface area contributed by atoms with Crippen LogP contribution in [0.5, 0.6) is 0 Å². The van der Waals surface area contributed by atoms with E-state index in [0.29, 0.717) is 0 Å². The number of rotatable bonds is 4. The minimum Gasteiger partial charge on any atom is -0.171 e. The highest BCUT2D eigenvalue weighted by Crippen LogP contribution is 2.21. The van der Waals surface area contributed by atoms with Gasteiger partial charge in [-0.25, -0.2) is 0 Å². The van der Waals surface area contributed by atoms with Crippen LogP contribution < -0.4 is 0 Å². The summed E-state index contributed by atoms with van der Waals surface area (Å²) in [6.45, 7) is 1.99. The van der Waals surface area contributed by atoms with Gasteiger partial charge in [0.25, 0.3) is 0 Å². The number of unbranched alkanes of at least 4 members (excludes halogenated alkanes) is 1. The van der Waals surface area contributed by atoms with Crippen LogP contribution in [-0.2, 0) is 0 Å². The first kappa shape index (κ1) is 10.5. The summed E-state index contributed by atoms with van der Waals surface area (Å²) in [6, 6.07) is 0. The molecule has 0 amide bonds. The summed E-state index contributed by atoms with van der Waals surface area (Å²) < 4.78 is 34.6. The van der Waals surface area contributed by atoms with Crippen molar-refractivity contribution in [2.24, 2.45) is 0 Å². The Kier molecular flexibility index (Phi) is 4.99. The van der Waals surface area contributed by atoms with Gasteiger partial charge in [-0.05, 0) is 12.8 Å². The van der Waals surface area contributed by atoms with Crippen molar-refractivity contribution in [3.63, 3.8) is 0 Å². The van der Waals surface area contributed by atoms with Crippen LogP contribution in [0.4, 0.5) is 13.2 Å². The van der Waals surface area contributed by atoms with E-state index >= 15 is 0 Å². The molecule has 0 saturated carbocycles. The fourth-order valence-electron chi connectivity index (χ4n) is 0.649. The predicted molar refractivity (Wildman–Crippen MR) is 39.3 cm³/mol. The van der Waals surface area contributed by atoms with Gasteiger partial charge >= 0.3 is 6.18 Å². The van der Waals surface area contributed by atoms with Crippen molar-refractivity contribution in [3.8, 4) is 0 Å². The molecule has 0 spiro atoms. The largest absolute Gasteiger partial charge is 0.389 e. The fourth-order valence-corrected chi connectivity index (χ4v) is 0.649. The lowest BCUT2D eigenvalue weighted by Crippen LogP contribution is -2.05. The summed E-state index contributed by atoms with van der Waals surface area (Å²) in [6.07, 6.45) is 0.663. The van der Waals surface area contributed by atoms with Crippen molar-refractivity contribution in [3.05, 3.63) is 12.2 Å². The highest BCUT2D eigenvalue weighted by atomic mass is 19.4. The van der Waals surface area contributed by atoms with Gasteiger partial charge in [0.05, 0.1) is 0 Å². The Morgan fingerprint density at radius 2 is 1.64 bits per heavy atom. The molecular formula is C8H13F3. The minimum absolute atomic E-state index is 0.115. The predicted octanol–water partition coefficient (Wildman–Crippen LogP) is 3.69. The number of halogens is 3. The molecule has 66 valence electrons. The topological polar surface area (TPSA) is 0 Å². The quantitative estimate of drug-likeness (QED) is 0.559. The smallest absolute Gasteiger partial charge is 0.171 e. The second kappa shape index (κ2) is 5.22. The van der Waals surface area contributed by atoms with E-state index in [1.807, 2.05) is 6.92 Å². The normalized spacial score (nSPS) is 12.7. The van der Waals surface area contributed by atoms with Crippen LogP contribution in [0.3, 0.4) is 0 Å². The van der Waals surface area contributed by atoms with Gasteiger partial charge in [0.1, 0.15) is 0 Å². The van der Waals surface area contributed by atoms with Gasteiger partial charge in [-0.2, -0.15) is 13.2 Å². The second-order valence-electron chi connectivity index (χ2n) is 2.41. The molecule has 0 aliphatic rings. The highest BCUT2D eigenvalue weighted by molar-refractivity contribution is 4.81. The number of allylic oxidation sites excluding steroid dienone is 2. The molecule has 0 unspecified atom stereocenters. The zero-order chi connectivity index (χ0) is 8.74. The molecule has 0 radical (unpaired) electrons. The summed E-state index contributed by atoms with van der Waals surface area (Å²) in [5.41, 5.74) is 0. The maximum Gasteiger partial charge on any atom is 0.389 e. The lowest BCUT2D eigenvalue weighted by Gasteiger charge is -2.01. The van der Waals surface area contributed by atoms with E-state index in [4.69, 9.17) is 0 Å². The zero-order valence-corrected chi connectivity index (χ0v) is 6.62. The third-order valence-electron chi connectivity index (χ3n) is 1.22. The first-order valence-corrected chi connectivity index (χ1v) is 3.78. The summed E-state index contributed by atoms with van der Waals surface area (Å²) >= 11 is 0. The monoisotopic (exact) mass is 166 g/mol. The molecular weight excluding hydrogens is 153 g/mol. The van der Waals surface area contributed by atoms with E-state index in [-0.39, 0.29) is 6.42 Å². The summed E-state index contributed by atoms with van der Waals surface area (Å²) in [7, 11) is 0. The maximum atomic E-state index is 11.5. The van der Waals surface area contributed by atoms with E-state index in [1.165, 1.54) is 0 Å². The Labute approximate surface area is 65.1 Å². The van der Waals surface area contributed by atoms with Crippen molar-refractivity contribution in [1.82, 2.24) is 0 Å². The third-order valence-corrected chi connectivity index (χ3v) is 1.22. The molecule has 0 aliphatic carbocycles. The molecule has 11 heavy (non-hydrogen) atoms. The van der Waals surface area contributed by atoms with Gasteiger partial charge in [-0.15, -0.1) is 0 Å². The van der Waals surface area contributed by atoms with Crippen molar-refractivity contribution < 1.29 is 13.2 Å². The van der Waals surface area contributed by atoms with E-state index < -0.39 is 12.6 Å². The van der Waals surface area contributed by atoms with Gasteiger partial charge in [-0.1, -0.05) is 25.5 Å². The van der Waals surface area contributed by atoms with Crippen molar-refractivity contribution in [1.29, 1.82) is 0 Å². The number of hydrogen-bond donors (Lipinski definition) is 0. The molecule has 3 heteroatoms. The van der Waals surface area contributed by atoms with Crippen LogP contribution in [0, 0.1) is 0 Å². The van der Waals surface area contributed by atoms with Crippen LogP contribution in [0.25, 0.3) is 0 Å². The Bertz CT molecular complexity index is 113. The molecule has 0 fully saturated rings. The van der Waals surface area contributed by atoms with Crippen LogP contribution in [-0.4, -0.2) is 6.18 Å². The lowest BCUT2D eigenvalue weighted by atomic mass is 10.2. The minimum atomic E-state index is -4.00. The average Bonchev–Trinajstić information content (AvgIpc) is 1.85. The van der Waals surface area contributed by atoms with Crippen LogP contribution in [0.15, 0.2) is 12.2 Å². The van der Waals surface area contributed by atoms with Crippen molar-refractivity contribution >= 4 is 0 Å².